The molecule has 0 saturated heterocycles. The third-order valence-corrected chi connectivity index (χ3v) is 4.26. The van der Waals surface area contributed by atoms with Gasteiger partial charge in [0, 0.05) is 12.5 Å². The molecule has 1 N–H and O–H groups in total. The van der Waals surface area contributed by atoms with Gasteiger partial charge in [-0.2, -0.15) is 0 Å². The lowest BCUT2D eigenvalue weighted by Crippen LogP contribution is -2.36. The van der Waals surface area contributed by atoms with Crippen LogP contribution in [0.15, 0.2) is 54.6 Å². The maximum atomic E-state index is 11.9. The Morgan fingerprint density at radius 1 is 0.963 bits per heavy atom. The number of amides is 1. The van der Waals surface area contributed by atoms with Crippen LogP contribution in [-0.2, 0) is 27.2 Å². The normalized spacial score (nSPS) is 11.5. The van der Waals surface area contributed by atoms with Crippen molar-refractivity contribution in [1.82, 2.24) is 5.32 Å². The maximum absolute atomic E-state index is 11.9. The van der Waals surface area contributed by atoms with E-state index >= 15 is 0 Å². The molecule has 0 radical (unpaired) electrons. The van der Waals surface area contributed by atoms with Gasteiger partial charge in [0.1, 0.15) is 5.75 Å². The number of hydrogen-bond acceptors (Lipinski definition) is 4. The van der Waals surface area contributed by atoms with Crippen LogP contribution in [0.5, 0.6) is 5.75 Å². The van der Waals surface area contributed by atoms with Crippen LogP contribution in [-0.4, -0.2) is 31.6 Å². The highest BCUT2D eigenvalue weighted by Crippen LogP contribution is 2.12. The molecular weight excluding hydrogens is 342 g/mol. The van der Waals surface area contributed by atoms with Crippen LogP contribution in [0.2, 0.25) is 0 Å². The monoisotopic (exact) mass is 369 g/mol. The molecular formula is C22H27NO4. The van der Waals surface area contributed by atoms with Gasteiger partial charge in [0.05, 0.1) is 7.11 Å². The zero-order valence-electron chi connectivity index (χ0n) is 15.9. The Kier molecular flexibility index (Phi) is 8.36. The standard InChI is InChI=1S/C22H27NO4/c1-17(8-9-18-6-4-3-5-7-18)23-21(24)16-27-22(25)15-12-19-10-13-20(26-2)14-11-19/h3-7,10-11,13-14,17H,8-9,12,15-16H2,1-2H3,(H,23,24)/t17-/m0/s1. The van der Waals surface area contributed by atoms with E-state index in [1.54, 1.807) is 7.11 Å². The van der Waals surface area contributed by atoms with Gasteiger partial charge in [-0.3, -0.25) is 9.59 Å². The second-order valence-electron chi connectivity index (χ2n) is 6.50. The molecule has 5 nitrogen and oxygen atoms in total. The smallest absolute Gasteiger partial charge is 0.306 e. The fraction of sp³-hybridized carbons (Fsp3) is 0.364. The largest absolute Gasteiger partial charge is 0.497 e. The summed E-state index contributed by atoms with van der Waals surface area (Å²) in [6, 6.07) is 17.7. The van der Waals surface area contributed by atoms with Crippen molar-refractivity contribution in [2.24, 2.45) is 0 Å². The van der Waals surface area contributed by atoms with Crippen molar-refractivity contribution in [3.05, 3.63) is 65.7 Å². The number of esters is 1. The molecule has 2 rings (SSSR count). The van der Waals surface area contributed by atoms with E-state index in [1.165, 1.54) is 5.56 Å². The summed E-state index contributed by atoms with van der Waals surface area (Å²) < 4.78 is 10.2. The summed E-state index contributed by atoms with van der Waals surface area (Å²) in [7, 11) is 1.61. The Labute approximate surface area is 160 Å². The molecule has 5 heteroatoms. The van der Waals surface area contributed by atoms with Crippen molar-refractivity contribution in [3.8, 4) is 5.75 Å². The van der Waals surface area contributed by atoms with Gasteiger partial charge in [0.2, 0.25) is 0 Å². The van der Waals surface area contributed by atoms with Gasteiger partial charge in [0.15, 0.2) is 6.61 Å². The van der Waals surface area contributed by atoms with Gasteiger partial charge in [-0.15, -0.1) is 0 Å². The molecule has 144 valence electrons. The van der Waals surface area contributed by atoms with Crippen LogP contribution in [0.3, 0.4) is 0 Å². The van der Waals surface area contributed by atoms with Crippen molar-refractivity contribution >= 4 is 11.9 Å². The van der Waals surface area contributed by atoms with Crippen LogP contribution >= 0.6 is 0 Å². The third-order valence-electron chi connectivity index (χ3n) is 4.26. The molecule has 1 amide bonds. The maximum Gasteiger partial charge on any atom is 0.306 e. The molecule has 0 aliphatic heterocycles. The molecule has 2 aromatic carbocycles. The fourth-order valence-corrected chi connectivity index (χ4v) is 2.67. The minimum absolute atomic E-state index is 0.0238. The Hall–Kier alpha value is -2.82. The number of benzene rings is 2. The average Bonchev–Trinajstić information content (AvgIpc) is 2.70. The molecule has 1 atom stereocenters. The lowest BCUT2D eigenvalue weighted by molar-refractivity contribution is -0.148. The summed E-state index contributed by atoms with van der Waals surface area (Å²) in [6.07, 6.45) is 2.53. The molecule has 2 aromatic rings. The minimum atomic E-state index is -0.377. The van der Waals surface area contributed by atoms with Gasteiger partial charge in [-0.05, 0) is 49.4 Å². The second kappa shape index (κ2) is 11.0. The first-order valence-corrected chi connectivity index (χ1v) is 9.18. The first-order chi connectivity index (χ1) is 13.1. The Bertz CT molecular complexity index is 713. The zero-order valence-corrected chi connectivity index (χ0v) is 15.9. The van der Waals surface area contributed by atoms with E-state index < -0.39 is 0 Å². The second-order valence-corrected chi connectivity index (χ2v) is 6.50. The van der Waals surface area contributed by atoms with Crippen LogP contribution < -0.4 is 10.1 Å². The number of aryl methyl sites for hydroxylation is 2. The number of rotatable bonds is 10. The van der Waals surface area contributed by atoms with E-state index in [0.29, 0.717) is 6.42 Å². The van der Waals surface area contributed by atoms with E-state index in [9.17, 15) is 9.59 Å². The average molecular weight is 369 g/mol. The topological polar surface area (TPSA) is 64.6 Å². The highest BCUT2D eigenvalue weighted by molar-refractivity contribution is 5.80. The highest BCUT2D eigenvalue weighted by atomic mass is 16.5. The highest BCUT2D eigenvalue weighted by Gasteiger charge is 2.11. The number of carbonyl (C=O) groups is 2. The first-order valence-electron chi connectivity index (χ1n) is 9.18. The van der Waals surface area contributed by atoms with Gasteiger partial charge in [0.25, 0.3) is 5.91 Å². The molecule has 0 bridgehead atoms. The summed E-state index contributed by atoms with van der Waals surface area (Å²) in [5.41, 5.74) is 2.26. The van der Waals surface area contributed by atoms with E-state index in [4.69, 9.17) is 9.47 Å². The van der Waals surface area contributed by atoms with Gasteiger partial charge >= 0.3 is 5.97 Å². The van der Waals surface area contributed by atoms with Crippen molar-refractivity contribution in [2.45, 2.75) is 38.6 Å². The van der Waals surface area contributed by atoms with Gasteiger partial charge in [-0.25, -0.2) is 0 Å². The van der Waals surface area contributed by atoms with Crippen LogP contribution in [0, 0.1) is 0 Å². The van der Waals surface area contributed by atoms with E-state index in [2.05, 4.69) is 17.4 Å². The number of hydrogen-bond donors (Lipinski definition) is 1. The molecule has 0 aliphatic rings. The predicted octanol–water partition coefficient (Wildman–Crippen LogP) is 3.31. The van der Waals surface area contributed by atoms with Crippen molar-refractivity contribution in [3.63, 3.8) is 0 Å². The molecule has 0 saturated carbocycles. The minimum Gasteiger partial charge on any atom is -0.497 e. The third kappa shape index (κ3) is 7.94. The quantitative estimate of drug-likeness (QED) is 0.653. The summed E-state index contributed by atoms with van der Waals surface area (Å²) in [5, 5.41) is 2.86. The van der Waals surface area contributed by atoms with Crippen LogP contribution in [0.4, 0.5) is 0 Å². The summed E-state index contributed by atoms with van der Waals surface area (Å²) in [5.74, 6) is 0.130. The number of carbonyl (C=O) groups excluding carboxylic acids is 2. The van der Waals surface area contributed by atoms with Crippen molar-refractivity contribution in [2.75, 3.05) is 13.7 Å². The van der Waals surface area contributed by atoms with E-state index in [1.807, 2.05) is 49.4 Å². The molecule has 0 aliphatic carbocycles. The van der Waals surface area contributed by atoms with Crippen LogP contribution in [0.1, 0.15) is 30.9 Å². The van der Waals surface area contributed by atoms with Gasteiger partial charge in [-0.1, -0.05) is 42.5 Å². The Morgan fingerprint density at radius 3 is 2.30 bits per heavy atom. The van der Waals surface area contributed by atoms with Crippen LogP contribution in [0.25, 0.3) is 0 Å². The molecule has 0 spiro atoms. The van der Waals surface area contributed by atoms with Gasteiger partial charge < -0.3 is 14.8 Å². The van der Waals surface area contributed by atoms with E-state index in [-0.39, 0.29) is 30.9 Å². The molecule has 0 fully saturated rings. The van der Waals surface area contributed by atoms with E-state index in [0.717, 1.165) is 24.2 Å². The van der Waals surface area contributed by atoms with Crippen molar-refractivity contribution < 1.29 is 19.1 Å². The number of methoxy groups -OCH3 is 1. The SMILES string of the molecule is COc1ccc(CCC(=O)OCC(=O)N[C@@H](C)CCc2ccccc2)cc1. The molecule has 0 aromatic heterocycles. The van der Waals surface area contributed by atoms with Crippen molar-refractivity contribution in [1.29, 1.82) is 0 Å². The predicted molar refractivity (Wildman–Crippen MR) is 105 cm³/mol. The summed E-state index contributed by atoms with van der Waals surface area (Å²) in [4.78, 5) is 23.7. The number of ether oxygens (including phenoxy) is 2. The molecule has 0 unspecified atom stereocenters. The Balaban J connectivity index is 1.61. The molecule has 0 heterocycles. The lowest BCUT2D eigenvalue weighted by atomic mass is 10.1. The molecule has 27 heavy (non-hydrogen) atoms. The number of nitrogens with one attached hydrogen (secondary N) is 1. The summed E-state index contributed by atoms with van der Waals surface area (Å²) >= 11 is 0. The summed E-state index contributed by atoms with van der Waals surface area (Å²) in [6.45, 7) is 1.71. The zero-order chi connectivity index (χ0) is 19.5. The Morgan fingerprint density at radius 2 is 1.63 bits per heavy atom. The fourth-order valence-electron chi connectivity index (χ4n) is 2.67. The lowest BCUT2D eigenvalue weighted by Gasteiger charge is -2.14. The first kappa shape index (κ1) is 20.5.